The van der Waals surface area contributed by atoms with E-state index in [2.05, 4.69) is 10.3 Å². The van der Waals surface area contributed by atoms with Gasteiger partial charge in [0.15, 0.2) is 0 Å². The van der Waals surface area contributed by atoms with Crippen LogP contribution in [0.4, 0.5) is 5.82 Å². The van der Waals surface area contributed by atoms with Crippen LogP contribution >= 0.6 is 11.6 Å². The second-order valence-electron chi connectivity index (χ2n) is 2.26. The summed E-state index contributed by atoms with van der Waals surface area (Å²) in [4.78, 5) is 14.8. The van der Waals surface area contributed by atoms with E-state index in [1.54, 1.807) is 25.4 Å². The van der Waals surface area contributed by atoms with E-state index in [0.717, 1.165) is 0 Å². The molecule has 0 unspecified atom stereocenters. The van der Waals surface area contributed by atoms with E-state index in [-0.39, 0.29) is 11.8 Å². The van der Waals surface area contributed by atoms with Gasteiger partial charge < -0.3 is 10.1 Å². The Labute approximate surface area is 80.9 Å². The molecular formula is C8H9ClN2O2. The molecule has 1 amide bonds. The highest BCUT2D eigenvalue weighted by Gasteiger charge is 2.01. The Balaban J connectivity index is 2.71. The molecule has 0 aliphatic heterocycles. The van der Waals surface area contributed by atoms with Crippen LogP contribution < -0.4 is 10.1 Å². The van der Waals surface area contributed by atoms with Crippen LogP contribution in [-0.4, -0.2) is 23.9 Å². The molecule has 0 saturated heterocycles. The zero-order valence-corrected chi connectivity index (χ0v) is 7.84. The molecule has 0 aliphatic rings. The normalized spacial score (nSPS) is 9.38. The van der Waals surface area contributed by atoms with Crippen molar-refractivity contribution in [1.29, 1.82) is 0 Å². The van der Waals surface area contributed by atoms with Gasteiger partial charge in [-0.1, -0.05) is 0 Å². The minimum atomic E-state index is -0.289. The largest absolute Gasteiger partial charge is 0.497 e. The van der Waals surface area contributed by atoms with Crippen LogP contribution in [-0.2, 0) is 4.79 Å². The third-order valence-corrected chi connectivity index (χ3v) is 1.60. The highest BCUT2D eigenvalue weighted by Crippen LogP contribution is 2.13. The first-order valence-corrected chi connectivity index (χ1v) is 4.15. The number of nitrogens with zero attached hydrogens (tertiary/aromatic N) is 1. The van der Waals surface area contributed by atoms with E-state index in [9.17, 15) is 4.79 Å². The minimum Gasteiger partial charge on any atom is -0.497 e. The first-order chi connectivity index (χ1) is 6.26. The van der Waals surface area contributed by atoms with Gasteiger partial charge in [0.1, 0.15) is 17.4 Å². The molecule has 0 radical (unpaired) electrons. The molecular weight excluding hydrogens is 192 g/mol. The van der Waals surface area contributed by atoms with Crippen molar-refractivity contribution >= 4 is 23.3 Å². The fraction of sp³-hybridized carbons (Fsp3) is 0.250. The molecule has 70 valence electrons. The van der Waals surface area contributed by atoms with Crippen LogP contribution in [0.3, 0.4) is 0 Å². The molecule has 1 rings (SSSR count). The number of alkyl halides is 1. The second-order valence-corrected chi connectivity index (χ2v) is 2.53. The summed E-state index contributed by atoms with van der Waals surface area (Å²) < 4.78 is 4.95. The quantitative estimate of drug-likeness (QED) is 0.748. The number of carbonyl (C=O) groups excluding carboxylic acids is 1. The lowest BCUT2D eigenvalue weighted by Gasteiger charge is -2.03. The molecule has 0 saturated carbocycles. The smallest absolute Gasteiger partial charge is 0.240 e. The van der Waals surface area contributed by atoms with Crippen molar-refractivity contribution in [3.63, 3.8) is 0 Å². The van der Waals surface area contributed by atoms with Crippen molar-refractivity contribution < 1.29 is 9.53 Å². The number of halogens is 1. The maximum Gasteiger partial charge on any atom is 0.240 e. The summed E-state index contributed by atoms with van der Waals surface area (Å²) in [6.45, 7) is 0. The van der Waals surface area contributed by atoms with Crippen molar-refractivity contribution in [2.75, 3.05) is 18.3 Å². The molecule has 0 bridgehead atoms. The summed E-state index contributed by atoms with van der Waals surface area (Å²) in [5, 5.41) is 2.50. The molecule has 1 aromatic heterocycles. The molecule has 0 atom stereocenters. The van der Waals surface area contributed by atoms with Crippen molar-refractivity contribution in [3.05, 3.63) is 18.3 Å². The van der Waals surface area contributed by atoms with Gasteiger partial charge in [-0.05, 0) is 6.07 Å². The third-order valence-electron chi connectivity index (χ3n) is 1.36. The molecule has 0 aromatic carbocycles. The number of rotatable bonds is 3. The molecule has 4 nitrogen and oxygen atoms in total. The maximum absolute atomic E-state index is 10.9. The summed E-state index contributed by atoms with van der Waals surface area (Å²) in [5.41, 5.74) is 0. The second kappa shape index (κ2) is 4.67. The monoisotopic (exact) mass is 200 g/mol. The summed E-state index contributed by atoms with van der Waals surface area (Å²) in [5.74, 6) is 0.700. The van der Waals surface area contributed by atoms with Gasteiger partial charge in [0.2, 0.25) is 5.91 Å². The molecule has 1 aromatic rings. The average Bonchev–Trinajstić information content (AvgIpc) is 2.18. The molecule has 1 heterocycles. The lowest BCUT2D eigenvalue weighted by molar-refractivity contribution is -0.113. The molecule has 13 heavy (non-hydrogen) atoms. The lowest BCUT2D eigenvalue weighted by atomic mass is 10.4. The van der Waals surface area contributed by atoms with E-state index in [1.807, 2.05) is 0 Å². The standard InChI is InChI=1S/C8H9ClN2O2/c1-13-6-2-3-10-7(4-6)11-8(12)5-9/h2-4H,5H2,1H3,(H,10,11,12). The van der Waals surface area contributed by atoms with Crippen LogP contribution in [0.1, 0.15) is 0 Å². The van der Waals surface area contributed by atoms with Crippen molar-refractivity contribution in [2.24, 2.45) is 0 Å². The fourth-order valence-electron chi connectivity index (χ4n) is 0.783. The number of ether oxygens (including phenoxy) is 1. The van der Waals surface area contributed by atoms with Gasteiger partial charge in [0.05, 0.1) is 7.11 Å². The number of methoxy groups -OCH3 is 1. The summed E-state index contributed by atoms with van der Waals surface area (Å²) >= 11 is 5.30. The van der Waals surface area contributed by atoms with E-state index >= 15 is 0 Å². The van der Waals surface area contributed by atoms with E-state index in [0.29, 0.717) is 11.6 Å². The molecule has 0 spiro atoms. The number of anilines is 1. The molecule has 5 heteroatoms. The lowest BCUT2D eigenvalue weighted by Crippen LogP contribution is -2.13. The number of carbonyl (C=O) groups is 1. The van der Waals surface area contributed by atoms with Gasteiger partial charge in [0.25, 0.3) is 0 Å². The number of nitrogens with one attached hydrogen (secondary N) is 1. The fourth-order valence-corrected chi connectivity index (χ4v) is 0.850. The van der Waals surface area contributed by atoms with Gasteiger partial charge >= 0.3 is 0 Å². The van der Waals surface area contributed by atoms with Gasteiger partial charge in [-0.25, -0.2) is 4.98 Å². The predicted octanol–water partition coefficient (Wildman–Crippen LogP) is 1.27. The van der Waals surface area contributed by atoms with E-state index in [4.69, 9.17) is 16.3 Å². The third kappa shape index (κ3) is 2.91. The Morgan fingerprint density at radius 2 is 2.54 bits per heavy atom. The zero-order chi connectivity index (χ0) is 9.68. The first-order valence-electron chi connectivity index (χ1n) is 3.62. The van der Waals surface area contributed by atoms with Crippen molar-refractivity contribution in [2.45, 2.75) is 0 Å². The van der Waals surface area contributed by atoms with Crippen LogP contribution in [0, 0.1) is 0 Å². The van der Waals surface area contributed by atoms with Crippen LogP contribution in [0.25, 0.3) is 0 Å². The Kier molecular flexibility index (Phi) is 3.52. The van der Waals surface area contributed by atoms with Crippen LogP contribution in [0.15, 0.2) is 18.3 Å². The van der Waals surface area contributed by atoms with E-state index in [1.165, 1.54) is 0 Å². The Hall–Kier alpha value is -1.29. The van der Waals surface area contributed by atoms with Gasteiger partial charge in [-0.3, -0.25) is 4.79 Å². The number of hydrogen-bond donors (Lipinski definition) is 1. The van der Waals surface area contributed by atoms with Gasteiger partial charge in [0, 0.05) is 12.3 Å². The summed E-state index contributed by atoms with van der Waals surface area (Å²) in [6, 6.07) is 3.31. The Bertz CT molecular complexity index is 304. The number of amides is 1. The van der Waals surface area contributed by atoms with Crippen LogP contribution in [0.2, 0.25) is 0 Å². The zero-order valence-electron chi connectivity index (χ0n) is 7.08. The number of aromatic nitrogens is 1. The first kappa shape index (κ1) is 9.80. The molecule has 1 N–H and O–H groups in total. The van der Waals surface area contributed by atoms with Gasteiger partial charge in [-0.2, -0.15) is 0 Å². The maximum atomic E-state index is 10.9. The topological polar surface area (TPSA) is 51.2 Å². The summed E-state index contributed by atoms with van der Waals surface area (Å²) in [6.07, 6.45) is 1.54. The van der Waals surface area contributed by atoms with Crippen molar-refractivity contribution in [1.82, 2.24) is 4.98 Å². The van der Waals surface area contributed by atoms with Crippen LogP contribution in [0.5, 0.6) is 5.75 Å². The predicted molar refractivity (Wildman–Crippen MR) is 50.1 cm³/mol. The number of pyridine rings is 1. The highest BCUT2D eigenvalue weighted by atomic mass is 35.5. The molecule has 0 fully saturated rings. The minimum absolute atomic E-state index is 0.0844. The highest BCUT2D eigenvalue weighted by molar-refractivity contribution is 6.28. The summed E-state index contributed by atoms with van der Waals surface area (Å²) in [7, 11) is 1.54. The Morgan fingerprint density at radius 3 is 3.15 bits per heavy atom. The van der Waals surface area contributed by atoms with Gasteiger partial charge in [-0.15, -0.1) is 11.6 Å². The SMILES string of the molecule is COc1ccnc(NC(=O)CCl)c1. The van der Waals surface area contributed by atoms with E-state index < -0.39 is 0 Å². The average molecular weight is 201 g/mol. The number of hydrogen-bond acceptors (Lipinski definition) is 3. The molecule has 0 aliphatic carbocycles. The van der Waals surface area contributed by atoms with Crippen molar-refractivity contribution in [3.8, 4) is 5.75 Å². The Morgan fingerprint density at radius 1 is 1.77 bits per heavy atom.